The minimum Gasteiger partial charge on any atom is -0.465 e. The number of carbonyl (C=O) groups is 2. The molecule has 2 heterocycles. The molecule has 0 N–H and O–H groups in total. The van der Waals surface area contributed by atoms with Crippen LogP contribution < -0.4 is 0 Å². The zero-order valence-corrected chi connectivity index (χ0v) is 19.8. The Balaban J connectivity index is 2.13. The summed E-state index contributed by atoms with van der Waals surface area (Å²) in [6.07, 6.45) is 3.30. The normalized spacial score (nSPS) is 17.5. The molecule has 3 rings (SSSR count). The summed E-state index contributed by atoms with van der Waals surface area (Å²) in [5.41, 5.74) is 1.43. The summed E-state index contributed by atoms with van der Waals surface area (Å²) in [4.78, 5) is 46.1. The minimum absolute atomic E-state index is 0.0380. The van der Waals surface area contributed by atoms with Gasteiger partial charge in [-0.25, -0.2) is 4.79 Å². The lowest BCUT2D eigenvalue weighted by Crippen LogP contribution is -2.37. The Morgan fingerprint density at radius 3 is 2.46 bits per heavy atom. The highest BCUT2D eigenvalue weighted by Crippen LogP contribution is 2.43. The van der Waals surface area contributed by atoms with E-state index in [9.17, 15) is 19.7 Å². The van der Waals surface area contributed by atoms with Gasteiger partial charge in [-0.15, -0.1) is 0 Å². The van der Waals surface area contributed by atoms with Crippen LogP contribution in [0.25, 0.3) is 0 Å². The summed E-state index contributed by atoms with van der Waals surface area (Å²) in [5, 5.41) is 11.9. The van der Waals surface area contributed by atoms with Gasteiger partial charge in [-0.1, -0.05) is 24.3 Å². The number of para-hydroxylation sites is 1. The third-order valence-electron chi connectivity index (χ3n) is 5.45. The average molecular weight is 482 g/mol. The molecule has 184 valence electrons. The van der Waals surface area contributed by atoms with E-state index in [2.05, 4.69) is 9.98 Å². The molecule has 1 aromatic heterocycles. The first-order valence-corrected chi connectivity index (χ1v) is 11.2. The van der Waals surface area contributed by atoms with Crippen molar-refractivity contribution in [3.63, 3.8) is 0 Å². The number of benzene rings is 1. The first-order chi connectivity index (χ1) is 16.9. The third-order valence-corrected chi connectivity index (χ3v) is 5.45. The van der Waals surface area contributed by atoms with Crippen LogP contribution in [-0.2, 0) is 30.4 Å². The van der Waals surface area contributed by atoms with Crippen LogP contribution >= 0.6 is 0 Å². The van der Waals surface area contributed by atoms with Gasteiger partial charge in [0.1, 0.15) is 5.92 Å². The quantitative estimate of drug-likeness (QED) is 0.285. The molecule has 0 amide bonds. The zero-order valence-electron chi connectivity index (χ0n) is 19.8. The van der Waals surface area contributed by atoms with Crippen LogP contribution in [0, 0.1) is 16.0 Å². The summed E-state index contributed by atoms with van der Waals surface area (Å²) in [7, 11) is 0. The molecule has 0 saturated heterocycles. The fourth-order valence-corrected chi connectivity index (χ4v) is 4.03. The molecular formula is C25H27N3O7. The van der Waals surface area contributed by atoms with Crippen LogP contribution in [-0.4, -0.2) is 47.4 Å². The molecule has 0 spiro atoms. The third kappa shape index (κ3) is 5.96. The molecule has 10 nitrogen and oxygen atoms in total. The standard InChI is InChI=1S/C25H27N3O7/c1-4-34-24(29)21-16(3)27-19(15-33-14-17-9-8-12-26-13-17)23(25(30)35-5-2)22(21)18-10-6-7-11-20(18)28(31)32/h6-13,21-22H,4-5,14-15H2,1-3H3. The van der Waals surface area contributed by atoms with E-state index in [1.807, 2.05) is 6.07 Å². The minimum atomic E-state index is -1.04. The van der Waals surface area contributed by atoms with Crippen molar-refractivity contribution in [2.75, 3.05) is 19.8 Å². The van der Waals surface area contributed by atoms with Crippen molar-refractivity contribution >= 4 is 23.3 Å². The van der Waals surface area contributed by atoms with Crippen molar-refractivity contribution in [1.82, 2.24) is 4.98 Å². The maximum Gasteiger partial charge on any atom is 0.336 e. The second kappa shape index (κ2) is 12.0. The number of ether oxygens (including phenoxy) is 3. The van der Waals surface area contributed by atoms with E-state index in [4.69, 9.17) is 14.2 Å². The van der Waals surface area contributed by atoms with Crippen molar-refractivity contribution in [2.45, 2.75) is 33.3 Å². The van der Waals surface area contributed by atoms with Gasteiger partial charge in [0.05, 0.1) is 42.6 Å². The van der Waals surface area contributed by atoms with Gasteiger partial charge in [0.15, 0.2) is 0 Å². The van der Waals surface area contributed by atoms with E-state index in [1.54, 1.807) is 45.3 Å². The number of aromatic nitrogens is 1. The summed E-state index contributed by atoms with van der Waals surface area (Å²) in [5.74, 6) is -3.43. The number of esters is 2. The number of nitrogens with zero attached hydrogens (tertiary/aromatic N) is 3. The molecule has 10 heteroatoms. The number of aliphatic imine (C=N–C) groups is 1. The Hall–Kier alpha value is -3.92. The Morgan fingerprint density at radius 2 is 1.80 bits per heavy atom. The molecule has 2 unspecified atom stereocenters. The SMILES string of the molecule is CCOC(=O)C1=C(COCc2cccnc2)N=C(C)C(C(=O)OCC)C1c1ccccc1[N+](=O)[O-]. The van der Waals surface area contributed by atoms with E-state index in [0.29, 0.717) is 5.71 Å². The maximum atomic E-state index is 13.2. The van der Waals surface area contributed by atoms with Gasteiger partial charge < -0.3 is 14.2 Å². The van der Waals surface area contributed by atoms with E-state index in [-0.39, 0.29) is 48.9 Å². The summed E-state index contributed by atoms with van der Waals surface area (Å²) >= 11 is 0. The number of hydrogen-bond acceptors (Lipinski definition) is 9. The number of nitro groups is 1. The number of hydrogen-bond donors (Lipinski definition) is 0. The van der Waals surface area contributed by atoms with Crippen molar-refractivity contribution in [2.24, 2.45) is 10.9 Å². The second-order valence-electron chi connectivity index (χ2n) is 7.71. The molecule has 0 aliphatic carbocycles. The van der Waals surface area contributed by atoms with Crippen molar-refractivity contribution in [3.8, 4) is 0 Å². The lowest BCUT2D eigenvalue weighted by Gasteiger charge is -2.31. The largest absolute Gasteiger partial charge is 0.465 e. The van der Waals surface area contributed by atoms with E-state index >= 15 is 0 Å². The van der Waals surface area contributed by atoms with Crippen LogP contribution in [0.4, 0.5) is 5.69 Å². The highest BCUT2D eigenvalue weighted by molar-refractivity contribution is 6.07. The molecule has 0 fully saturated rings. The first kappa shape index (κ1) is 25.7. The van der Waals surface area contributed by atoms with Crippen LogP contribution in [0.2, 0.25) is 0 Å². The molecule has 1 aliphatic rings. The maximum absolute atomic E-state index is 13.2. The highest BCUT2D eigenvalue weighted by atomic mass is 16.6. The van der Waals surface area contributed by atoms with Crippen molar-refractivity contribution < 1.29 is 28.7 Å². The molecule has 1 aromatic carbocycles. The number of nitro benzene ring substituents is 1. The fraction of sp³-hybridized carbons (Fsp3) is 0.360. The Labute approximate surface area is 202 Å². The van der Waals surface area contributed by atoms with Crippen molar-refractivity contribution in [1.29, 1.82) is 0 Å². The number of rotatable bonds is 10. The predicted octanol–water partition coefficient (Wildman–Crippen LogP) is 3.76. The lowest BCUT2D eigenvalue weighted by molar-refractivity contribution is -0.385. The molecular weight excluding hydrogens is 454 g/mol. The number of carbonyl (C=O) groups excluding carboxylic acids is 2. The van der Waals surface area contributed by atoms with Crippen molar-refractivity contribution in [3.05, 3.63) is 81.3 Å². The Kier molecular flexibility index (Phi) is 8.80. The van der Waals surface area contributed by atoms with Gasteiger partial charge in [0, 0.05) is 35.7 Å². The van der Waals surface area contributed by atoms with Crippen LogP contribution in [0.5, 0.6) is 0 Å². The van der Waals surface area contributed by atoms with Gasteiger partial charge in [-0.3, -0.25) is 24.9 Å². The van der Waals surface area contributed by atoms with Gasteiger partial charge in [0.25, 0.3) is 5.69 Å². The molecule has 0 saturated carbocycles. The first-order valence-electron chi connectivity index (χ1n) is 11.2. The van der Waals surface area contributed by atoms with Crippen LogP contribution in [0.1, 0.15) is 37.8 Å². The summed E-state index contributed by atoms with van der Waals surface area (Å²) in [6.45, 7) is 5.25. The molecule has 2 aromatic rings. The monoisotopic (exact) mass is 481 g/mol. The molecule has 0 bridgehead atoms. The summed E-state index contributed by atoms with van der Waals surface area (Å²) < 4.78 is 16.4. The lowest BCUT2D eigenvalue weighted by atomic mass is 9.75. The van der Waals surface area contributed by atoms with Crippen LogP contribution in [0.3, 0.4) is 0 Å². The van der Waals surface area contributed by atoms with Gasteiger partial charge in [0.2, 0.25) is 0 Å². The molecule has 35 heavy (non-hydrogen) atoms. The molecule has 0 radical (unpaired) electrons. The zero-order chi connectivity index (χ0) is 25.4. The molecule has 1 aliphatic heterocycles. The van der Waals surface area contributed by atoms with Gasteiger partial charge >= 0.3 is 11.9 Å². The number of pyridine rings is 1. The highest BCUT2D eigenvalue weighted by Gasteiger charge is 2.45. The van der Waals surface area contributed by atoms with Gasteiger partial charge in [-0.05, 0) is 32.4 Å². The van der Waals surface area contributed by atoms with E-state index in [1.165, 1.54) is 18.2 Å². The average Bonchev–Trinajstić information content (AvgIpc) is 2.84. The van der Waals surface area contributed by atoms with Crippen LogP contribution in [0.15, 0.2) is 65.1 Å². The van der Waals surface area contributed by atoms with E-state index in [0.717, 1.165) is 5.56 Å². The topological polar surface area (TPSA) is 130 Å². The second-order valence-corrected chi connectivity index (χ2v) is 7.71. The Bertz CT molecular complexity index is 1140. The van der Waals surface area contributed by atoms with Gasteiger partial charge in [-0.2, -0.15) is 0 Å². The Morgan fingerprint density at radius 1 is 1.06 bits per heavy atom. The molecule has 2 atom stereocenters. The predicted molar refractivity (Wildman–Crippen MR) is 127 cm³/mol. The smallest absolute Gasteiger partial charge is 0.336 e. The van der Waals surface area contributed by atoms with E-state index < -0.39 is 28.7 Å². The fourth-order valence-electron chi connectivity index (χ4n) is 4.03. The summed E-state index contributed by atoms with van der Waals surface area (Å²) in [6, 6.07) is 9.62.